The molecule has 1 aromatic rings. The summed E-state index contributed by atoms with van der Waals surface area (Å²) in [4.78, 5) is 24.7. The fraction of sp³-hybridized carbons (Fsp3) is 0.556. The molecule has 144 valence electrons. The number of nitrogens with one attached hydrogen (secondary N) is 2. The summed E-state index contributed by atoms with van der Waals surface area (Å²) in [6, 6.07) is 7.13. The Labute approximate surface area is 158 Å². The number of benzene rings is 1. The van der Waals surface area contributed by atoms with Crippen molar-refractivity contribution in [3.05, 3.63) is 29.3 Å². The highest BCUT2D eigenvalue weighted by atomic mass is 35.5. The Bertz CT molecular complexity index is 605. The summed E-state index contributed by atoms with van der Waals surface area (Å²) in [7, 11) is 0. The number of carboxylic acid groups (broad SMARTS) is 1. The molecule has 0 radical (unpaired) electrons. The lowest BCUT2D eigenvalue weighted by atomic mass is 9.85. The summed E-state index contributed by atoms with van der Waals surface area (Å²) in [5, 5.41) is 15.2. The number of aliphatic carboxylic acids is 1. The first kappa shape index (κ1) is 20.3. The molecule has 26 heavy (non-hydrogen) atoms. The van der Waals surface area contributed by atoms with Crippen molar-refractivity contribution in [2.75, 3.05) is 19.6 Å². The molecule has 0 bridgehead atoms. The largest absolute Gasteiger partial charge is 0.489 e. The molecule has 0 heterocycles. The molecule has 1 aromatic carbocycles. The van der Waals surface area contributed by atoms with Gasteiger partial charge in [-0.3, -0.25) is 9.69 Å². The number of rotatable bonds is 9. The van der Waals surface area contributed by atoms with Crippen LogP contribution in [0.4, 0.5) is 4.79 Å². The van der Waals surface area contributed by atoms with Gasteiger partial charge in [-0.25, -0.2) is 4.79 Å². The number of nitrogens with zero attached hydrogens (tertiary/aromatic N) is 1. The monoisotopic (exact) mass is 383 g/mol. The highest BCUT2D eigenvalue weighted by Gasteiger charge is 2.34. The molecule has 1 aliphatic rings. The van der Waals surface area contributed by atoms with Gasteiger partial charge in [-0.15, -0.1) is 0 Å². The Morgan fingerprint density at radius 1 is 1.35 bits per heavy atom. The standard InChI is InChI=1S/C18H26ClN3O4/c1-3-22(11-17(23)24)15-8-14(9-15)21-18(25)20-10-12(2)26-16-6-4-13(19)5-7-16/h4-7,12,14-15H,3,8-11H2,1-2H3,(H,23,24)(H2,20,21,25). The van der Waals surface area contributed by atoms with Gasteiger partial charge in [0.15, 0.2) is 0 Å². The van der Waals surface area contributed by atoms with Crippen molar-refractivity contribution in [3.8, 4) is 5.75 Å². The van der Waals surface area contributed by atoms with Crippen LogP contribution in [-0.2, 0) is 4.79 Å². The van der Waals surface area contributed by atoms with E-state index in [9.17, 15) is 9.59 Å². The fourth-order valence-corrected chi connectivity index (χ4v) is 3.06. The zero-order valence-electron chi connectivity index (χ0n) is 15.1. The summed E-state index contributed by atoms with van der Waals surface area (Å²) >= 11 is 5.83. The third kappa shape index (κ3) is 6.38. The number of carbonyl (C=O) groups excluding carboxylic acids is 1. The van der Waals surface area contributed by atoms with Gasteiger partial charge in [-0.05, 0) is 50.6 Å². The van der Waals surface area contributed by atoms with Gasteiger partial charge in [-0.1, -0.05) is 18.5 Å². The van der Waals surface area contributed by atoms with Gasteiger partial charge in [0.2, 0.25) is 0 Å². The number of carboxylic acids is 1. The van der Waals surface area contributed by atoms with Crippen molar-refractivity contribution in [2.45, 2.75) is 44.9 Å². The van der Waals surface area contributed by atoms with Crippen LogP contribution < -0.4 is 15.4 Å². The van der Waals surface area contributed by atoms with Crippen molar-refractivity contribution >= 4 is 23.6 Å². The van der Waals surface area contributed by atoms with Crippen LogP contribution >= 0.6 is 11.6 Å². The van der Waals surface area contributed by atoms with E-state index >= 15 is 0 Å². The van der Waals surface area contributed by atoms with Gasteiger partial charge < -0.3 is 20.5 Å². The summed E-state index contributed by atoms with van der Waals surface area (Å²) in [6.07, 6.45) is 1.36. The van der Waals surface area contributed by atoms with Crippen LogP contribution in [0.1, 0.15) is 26.7 Å². The second-order valence-corrected chi connectivity index (χ2v) is 6.95. The number of hydrogen-bond acceptors (Lipinski definition) is 4. The second kappa shape index (κ2) is 9.64. The minimum absolute atomic E-state index is 0.0413. The Balaban J connectivity index is 1.63. The van der Waals surface area contributed by atoms with E-state index in [2.05, 4.69) is 10.6 Å². The normalized spacial score (nSPS) is 20.2. The number of carbonyl (C=O) groups is 2. The maximum atomic E-state index is 12.0. The van der Waals surface area contributed by atoms with Gasteiger partial charge in [-0.2, -0.15) is 0 Å². The molecule has 0 spiro atoms. The molecular formula is C18H26ClN3O4. The SMILES string of the molecule is CCN(CC(=O)O)C1CC(NC(=O)NCC(C)Oc2ccc(Cl)cc2)C1. The number of ether oxygens (including phenoxy) is 1. The highest BCUT2D eigenvalue weighted by Crippen LogP contribution is 2.25. The molecule has 0 saturated heterocycles. The molecule has 8 heteroatoms. The molecular weight excluding hydrogens is 358 g/mol. The van der Waals surface area contributed by atoms with E-state index < -0.39 is 5.97 Å². The van der Waals surface area contributed by atoms with E-state index in [0.717, 1.165) is 12.8 Å². The summed E-state index contributed by atoms with van der Waals surface area (Å²) < 4.78 is 5.70. The van der Waals surface area contributed by atoms with Crippen molar-refractivity contribution in [1.82, 2.24) is 15.5 Å². The maximum Gasteiger partial charge on any atom is 0.317 e. The molecule has 0 aromatic heterocycles. The van der Waals surface area contributed by atoms with Crippen molar-refractivity contribution in [1.29, 1.82) is 0 Å². The maximum absolute atomic E-state index is 12.0. The molecule has 2 rings (SSSR count). The van der Waals surface area contributed by atoms with Crippen LogP contribution in [-0.4, -0.2) is 59.8 Å². The first-order chi connectivity index (χ1) is 12.4. The summed E-state index contributed by atoms with van der Waals surface area (Å²) in [6.45, 7) is 4.93. The average molecular weight is 384 g/mol. The van der Waals surface area contributed by atoms with E-state index in [1.807, 2.05) is 18.7 Å². The molecule has 1 unspecified atom stereocenters. The third-order valence-electron chi connectivity index (χ3n) is 4.41. The minimum Gasteiger partial charge on any atom is -0.489 e. The number of likely N-dealkylation sites (N-methyl/N-ethyl adjacent to an activating group) is 1. The Kier molecular flexibility index (Phi) is 7.53. The molecule has 7 nitrogen and oxygen atoms in total. The number of halogens is 1. The molecule has 1 aliphatic carbocycles. The van der Waals surface area contributed by atoms with Crippen LogP contribution in [0.25, 0.3) is 0 Å². The quantitative estimate of drug-likeness (QED) is 0.609. The molecule has 1 fully saturated rings. The molecule has 3 N–H and O–H groups in total. The van der Waals surface area contributed by atoms with E-state index in [4.69, 9.17) is 21.4 Å². The molecule has 1 atom stereocenters. The Morgan fingerprint density at radius 3 is 2.58 bits per heavy atom. The van der Waals surface area contributed by atoms with Crippen molar-refractivity contribution < 1.29 is 19.4 Å². The lowest BCUT2D eigenvalue weighted by Gasteiger charge is -2.42. The number of hydrogen-bond donors (Lipinski definition) is 3. The van der Waals surface area contributed by atoms with Crippen molar-refractivity contribution in [2.24, 2.45) is 0 Å². The van der Waals surface area contributed by atoms with Gasteiger partial charge in [0.25, 0.3) is 0 Å². The van der Waals surface area contributed by atoms with Gasteiger partial charge in [0.1, 0.15) is 11.9 Å². The summed E-state index contributed by atoms with van der Waals surface area (Å²) in [5.74, 6) is -0.125. The van der Waals surface area contributed by atoms with Crippen LogP contribution in [0.3, 0.4) is 0 Å². The zero-order chi connectivity index (χ0) is 19.1. The fourth-order valence-electron chi connectivity index (χ4n) is 2.94. The van der Waals surface area contributed by atoms with Crippen LogP contribution in [0.15, 0.2) is 24.3 Å². The lowest BCUT2D eigenvalue weighted by molar-refractivity contribution is -0.139. The minimum atomic E-state index is -0.823. The Hall–Kier alpha value is -1.99. The topological polar surface area (TPSA) is 90.9 Å². The lowest BCUT2D eigenvalue weighted by Crippen LogP contribution is -2.56. The van der Waals surface area contributed by atoms with E-state index in [0.29, 0.717) is 23.9 Å². The number of amides is 2. The molecule has 1 saturated carbocycles. The zero-order valence-corrected chi connectivity index (χ0v) is 15.8. The second-order valence-electron chi connectivity index (χ2n) is 6.52. The smallest absolute Gasteiger partial charge is 0.317 e. The predicted molar refractivity (Wildman–Crippen MR) is 99.8 cm³/mol. The first-order valence-electron chi connectivity index (χ1n) is 8.79. The van der Waals surface area contributed by atoms with Gasteiger partial charge >= 0.3 is 12.0 Å². The van der Waals surface area contributed by atoms with Gasteiger partial charge in [0.05, 0.1) is 13.1 Å². The average Bonchev–Trinajstić information content (AvgIpc) is 2.56. The number of urea groups is 1. The third-order valence-corrected chi connectivity index (χ3v) is 4.66. The predicted octanol–water partition coefficient (Wildman–Crippen LogP) is 2.34. The van der Waals surface area contributed by atoms with Crippen molar-refractivity contribution in [3.63, 3.8) is 0 Å². The van der Waals surface area contributed by atoms with Gasteiger partial charge in [0, 0.05) is 17.1 Å². The molecule has 2 amide bonds. The Morgan fingerprint density at radius 2 is 2.00 bits per heavy atom. The van der Waals surface area contributed by atoms with E-state index in [1.54, 1.807) is 24.3 Å². The van der Waals surface area contributed by atoms with E-state index in [-0.39, 0.29) is 30.8 Å². The summed E-state index contributed by atoms with van der Waals surface area (Å²) in [5.41, 5.74) is 0. The van der Waals surface area contributed by atoms with Crippen LogP contribution in [0.5, 0.6) is 5.75 Å². The van der Waals surface area contributed by atoms with Crippen LogP contribution in [0.2, 0.25) is 5.02 Å². The van der Waals surface area contributed by atoms with Crippen LogP contribution in [0, 0.1) is 0 Å². The first-order valence-corrected chi connectivity index (χ1v) is 9.17. The molecule has 0 aliphatic heterocycles. The van der Waals surface area contributed by atoms with E-state index in [1.165, 1.54) is 0 Å². The highest BCUT2D eigenvalue weighted by molar-refractivity contribution is 6.30.